The Morgan fingerprint density at radius 3 is 2.62 bits per heavy atom. The van der Waals surface area contributed by atoms with Crippen LogP contribution in [0, 0.1) is 34.0 Å². The molecule has 0 N–H and O–H groups in total. The summed E-state index contributed by atoms with van der Waals surface area (Å²) in [7, 11) is 0. The molecule has 0 heterocycles. The maximum Gasteiger partial charge on any atom is 0.335 e. The van der Waals surface area contributed by atoms with Gasteiger partial charge in [-0.1, -0.05) is 36.8 Å². The van der Waals surface area contributed by atoms with E-state index in [1.165, 1.54) is 0 Å². The second kappa shape index (κ2) is 7.14. The summed E-state index contributed by atoms with van der Waals surface area (Å²) in [6.45, 7) is 1.71. The number of benzene rings is 1. The fourth-order valence-electron chi connectivity index (χ4n) is 4.40. The summed E-state index contributed by atoms with van der Waals surface area (Å²) in [5.41, 5.74) is -0.463. The molecule has 1 saturated carbocycles. The Balaban J connectivity index is 2.30. The van der Waals surface area contributed by atoms with E-state index in [1.54, 1.807) is 6.92 Å². The van der Waals surface area contributed by atoms with Crippen LogP contribution in [0.3, 0.4) is 0 Å². The normalized spacial score (nSPS) is 27.9. The van der Waals surface area contributed by atoms with Gasteiger partial charge in [-0.3, -0.25) is 4.79 Å². The number of hydrogen-bond acceptors (Lipinski definition) is 5. The summed E-state index contributed by atoms with van der Waals surface area (Å²) in [4.78, 5) is 26.1. The molecule has 1 fully saturated rings. The first-order chi connectivity index (χ1) is 12.6. The van der Waals surface area contributed by atoms with Gasteiger partial charge < -0.3 is 4.74 Å². The lowest BCUT2D eigenvalue weighted by Crippen LogP contribution is -2.51. The molecule has 3 atom stereocenters. The minimum absolute atomic E-state index is 0.0171. The molecule has 132 valence electrons. The van der Waals surface area contributed by atoms with Crippen molar-refractivity contribution in [3.63, 3.8) is 0 Å². The van der Waals surface area contributed by atoms with Crippen molar-refractivity contribution < 1.29 is 14.3 Å². The second-order valence-electron chi connectivity index (χ2n) is 6.72. The number of nitriles is 2. The van der Waals surface area contributed by atoms with E-state index in [0.29, 0.717) is 6.42 Å². The Morgan fingerprint density at radius 2 is 2.00 bits per heavy atom. The lowest BCUT2D eigenvalue weighted by molar-refractivity contribution is -0.158. The number of carbonyl (C=O) groups is 2. The summed E-state index contributed by atoms with van der Waals surface area (Å²) < 4.78 is 5.16. The van der Waals surface area contributed by atoms with Gasteiger partial charge in [0.25, 0.3) is 0 Å². The molecule has 2 aliphatic rings. The highest BCUT2D eigenvalue weighted by molar-refractivity contribution is 6.18. The maximum absolute atomic E-state index is 13.3. The highest BCUT2D eigenvalue weighted by atomic mass is 16.5. The zero-order valence-electron chi connectivity index (χ0n) is 14.7. The molecule has 0 aliphatic heterocycles. The molecule has 0 spiro atoms. The molecule has 1 aromatic carbocycles. The first-order valence-corrected chi connectivity index (χ1v) is 8.93. The molecular weight excluding hydrogens is 328 g/mol. The summed E-state index contributed by atoms with van der Waals surface area (Å²) in [6, 6.07) is 13.2. The number of ether oxygens (including phenoxy) is 1. The molecule has 3 rings (SSSR count). The number of carbonyl (C=O) groups excluding carboxylic acids is 2. The number of ketones is 1. The fraction of sp³-hybridized carbons (Fsp3) is 0.429. The molecule has 5 nitrogen and oxygen atoms in total. The van der Waals surface area contributed by atoms with Crippen molar-refractivity contribution >= 4 is 11.8 Å². The van der Waals surface area contributed by atoms with Gasteiger partial charge in [-0.2, -0.15) is 10.5 Å². The fourth-order valence-corrected chi connectivity index (χ4v) is 4.40. The number of allylic oxidation sites excluding steroid dienone is 2. The average Bonchev–Trinajstić information content (AvgIpc) is 2.68. The third-order valence-corrected chi connectivity index (χ3v) is 5.48. The lowest BCUT2D eigenvalue weighted by atomic mass is 9.55. The SMILES string of the molecule is CCOC(=O)[C@@]1(C#N)C(=O)C(C#N)=C2CCCC[C@H]2[C@H]1c1ccccc1. The van der Waals surface area contributed by atoms with Crippen LogP contribution in [0.4, 0.5) is 0 Å². The van der Waals surface area contributed by atoms with Crippen molar-refractivity contribution in [3.05, 3.63) is 47.0 Å². The van der Waals surface area contributed by atoms with E-state index in [0.717, 1.165) is 30.4 Å². The maximum atomic E-state index is 13.3. The quantitative estimate of drug-likeness (QED) is 0.616. The molecule has 2 aliphatic carbocycles. The summed E-state index contributed by atoms with van der Waals surface area (Å²) in [6.07, 6.45) is 3.25. The van der Waals surface area contributed by atoms with Crippen LogP contribution >= 0.6 is 0 Å². The summed E-state index contributed by atoms with van der Waals surface area (Å²) >= 11 is 0. The number of Topliss-reactive ketones (excluding diaryl/α,β-unsaturated/α-hetero) is 1. The zero-order valence-corrected chi connectivity index (χ0v) is 14.7. The Kier molecular flexibility index (Phi) is 4.91. The monoisotopic (exact) mass is 348 g/mol. The first-order valence-electron chi connectivity index (χ1n) is 8.93. The van der Waals surface area contributed by atoms with E-state index in [1.807, 2.05) is 42.5 Å². The van der Waals surface area contributed by atoms with Gasteiger partial charge >= 0.3 is 5.97 Å². The molecule has 0 radical (unpaired) electrons. The van der Waals surface area contributed by atoms with Gasteiger partial charge in [-0.15, -0.1) is 0 Å². The van der Waals surface area contributed by atoms with Crippen molar-refractivity contribution in [2.75, 3.05) is 6.61 Å². The van der Waals surface area contributed by atoms with Crippen LogP contribution in [0.1, 0.15) is 44.1 Å². The minimum Gasteiger partial charge on any atom is -0.464 e. The average molecular weight is 348 g/mol. The van der Waals surface area contributed by atoms with E-state index in [2.05, 4.69) is 0 Å². The predicted octanol–water partition coefficient (Wildman–Crippen LogP) is 3.44. The van der Waals surface area contributed by atoms with Crippen LogP contribution in [0.15, 0.2) is 41.5 Å². The highest BCUT2D eigenvalue weighted by Crippen LogP contribution is 2.55. The van der Waals surface area contributed by atoms with Crippen LogP contribution in [0.25, 0.3) is 0 Å². The topological polar surface area (TPSA) is 90.9 Å². The van der Waals surface area contributed by atoms with Crippen LogP contribution in [0.2, 0.25) is 0 Å². The van der Waals surface area contributed by atoms with Gasteiger partial charge in [-0.05, 0) is 43.2 Å². The highest BCUT2D eigenvalue weighted by Gasteiger charge is 2.61. The standard InChI is InChI=1S/C21H20N2O3/c1-2-26-20(25)21(13-23)18(14-8-4-3-5-9-14)16-11-7-6-10-15(16)17(12-22)19(21)24/h3-5,8-9,16,18H,2,6-7,10-11H2,1H3/t16-,18-,21-/m1/s1. The lowest BCUT2D eigenvalue weighted by Gasteiger charge is -2.44. The number of fused-ring (bicyclic) bond motifs is 1. The molecule has 1 aromatic rings. The predicted molar refractivity (Wildman–Crippen MR) is 93.5 cm³/mol. The van der Waals surface area contributed by atoms with Crippen LogP contribution in [0.5, 0.6) is 0 Å². The molecule has 0 aromatic heterocycles. The van der Waals surface area contributed by atoms with Gasteiger partial charge in [0.1, 0.15) is 6.07 Å². The number of rotatable bonds is 3. The Labute approximate surface area is 152 Å². The van der Waals surface area contributed by atoms with Crippen molar-refractivity contribution in [2.24, 2.45) is 11.3 Å². The van der Waals surface area contributed by atoms with Crippen LogP contribution in [-0.2, 0) is 14.3 Å². The molecule has 0 unspecified atom stereocenters. The summed E-state index contributed by atoms with van der Waals surface area (Å²) in [5.74, 6) is -2.36. The van der Waals surface area contributed by atoms with E-state index in [9.17, 15) is 20.1 Å². The summed E-state index contributed by atoms with van der Waals surface area (Å²) in [5, 5.41) is 19.6. The van der Waals surface area contributed by atoms with Gasteiger partial charge in [0.15, 0.2) is 0 Å². The van der Waals surface area contributed by atoms with Crippen molar-refractivity contribution in [1.82, 2.24) is 0 Å². The van der Waals surface area contributed by atoms with Crippen molar-refractivity contribution in [1.29, 1.82) is 10.5 Å². The Bertz CT molecular complexity index is 844. The van der Waals surface area contributed by atoms with E-state index < -0.39 is 23.1 Å². The molecular formula is C21H20N2O3. The van der Waals surface area contributed by atoms with Gasteiger partial charge in [0, 0.05) is 5.92 Å². The molecule has 5 heteroatoms. The number of hydrogen-bond donors (Lipinski definition) is 0. The van der Waals surface area contributed by atoms with E-state index >= 15 is 0 Å². The van der Waals surface area contributed by atoms with Gasteiger partial charge in [-0.25, -0.2) is 4.79 Å². The van der Waals surface area contributed by atoms with Gasteiger partial charge in [0.05, 0.1) is 18.2 Å². The smallest absolute Gasteiger partial charge is 0.335 e. The Morgan fingerprint density at radius 1 is 1.27 bits per heavy atom. The molecule has 0 amide bonds. The largest absolute Gasteiger partial charge is 0.464 e. The van der Waals surface area contributed by atoms with Crippen molar-refractivity contribution in [3.8, 4) is 12.1 Å². The van der Waals surface area contributed by atoms with Crippen LogP contribution < -0.4 is 0 Å². The van der Waals surface area contributed by atoms with Gasteiger partial charge in [0.2, 0.25) is 11.2 Å². The molecule has 0 saturated heterocycles. The first kappa shape index (κ1) is 17.9. The Hall–Kier alpha value is -2.92. The molecule has 0 bridgehead atoms. The van der Waals surface area contributed by atoms with E-state index in [-0.39, 0.29) is 18.1 Å². The minimum atomic E-state index is -2.01. The molecule has 26 heavy (non-hydrogen) atoms. The zero-order chi connectivity index (χ0) is 18.7. The third kappa shape index (κ3) is 2.52. The third-order valence-electron chi connectivity index (χ3n) is 5.48. The van der Waals surface area contributed by atoms with E-state index in [4.69, 9.17) is 4.74 Å². The number of nitrogens with zero attached hydrogens (tertiary/aromatic N) is 2. The number of esters is 1. The second-order valence-corrected chi connectivity index (χ2v) is 6.72. The van der Waals surface area contributed by atoms with Crippen molar-refractivity contribution in [2.45, 2.75) is 38.5 Å². The van der Waals surface area contributed by atoms with Crippen LogP contribution in [-0.4, -0.2) is 18.4 Å².